The third-order valence-corrected chi connectivity index (χ3v) is 7.64. The molecule has 0 fully saturated rings. The fourth-order valence-electron chi connectivity index (χ4n) is 5.44. The third kappa shape index (κ3) is 4.28. The molecule has 1 aliphatic carbocycles. The van der Waals surface area contributed by atoms with Gasteiger partial charge in [0.25, 0.3) is 0 Å². The smallest absolute Gasteiger partial charge is 0.492 e. The van der Waals surface area contributed by atoms with Gasteiger partial charge in [0.05, 0.1) is 5.41 Å². The van der Waals surface area contributed by atoms with Crippen LogP contribution in [0.5, 0.6) is 11.5 Å². The zero-order valence-corrected chi connectivity index (χ0v) is 20.5. The Labute approximate surface area is 197 Å². The van der Waals surface area contributed by atoms with Gasteiger partial charge in [0.1, 0.15) is 18.1 Å². The van der Waals surface area contributed by atoms with Gasteiger partial charge in [0, 0.05) is 11.6 Å². The summed E-state index contributed by atoms with van der Waals surface area (Å²) in [7, 11) is 0. The zero-order chi connectivity index (χ0) is 23.9. The molecule has 0 saturated carbocycles. The maximum Gasteiger partial charge on any atom is 0.511 e. The van der Waals surface area contributed by atoms with Crippen LogP contribution in [0.4, 0.5) is 4.79 Å². The fraction of sp³-hybridized carbons (Fsp3) is 0.483. The minimum absolute atomic E-state index is 0.127. The van der Waals surface area contributed by atoms with Gasteiger partial charge in [-0.15, -0.1) is 0 Å². The summed E-state index contributed by atoms with van der Waals surface area (Å²) >= 11 is 0. The largest absolute Gasteiger partial charge is 0.511 e. The van der Waals surface area contributed by atoms with Crippen LogP contribution in [-0.4, -0.2) is 17.9 Å². The lowest BCUT2D eigenvalue weighted by Gasteiger charge is -2.43. The topological polar surface area (TPSA) is 55.8 Å². The van der Waals surface area contributed by atoms with E-state index in [1.165, 1.54) is 29.5 Å². The van der Waals surface area contributed by atoms with Gasteiger partial charge in [-0.2, -0.15) is 0 Å². The highest BCUT2D eigenvalue weighted by Crippen LogP contribution is 2.51. The summed E-state index contributed by atoms with van der Waals surface area (Å²) < 4.78 is 11.1. The second kappa shape index (κ2) is 8.55. The standard InChI is InChI=1S/C29H36O4/c1-6-7-8-9-14-29(19-32-25-18-21(33-26(30)31)11-13-23(25)29)20-10-12-22-24(17-20)28(4,5)16-15-27(22,2)3/h8-13,17-18H,6-7,14-16,19H2,1-5H3,(H,30,31). The lowest BCUT2D eigenvalue weighted by Crippen LogP contribution is -2.35. The first-order chi connectivity index (χ1) is 15.6. The van der Waals surface area contributed by atoms with Gasteiger partial charge in [-0.05, 0) is 59.3 Å². The van der Waals surface area contributed by atoms with Crippen LogP contribution in [-0.2, 0) is 16.2 Å². The minimum atomic E-state index is -1.32. The average molecular weight is 449 g/mol. The Bertz CT molecular complexity index is 1080. The molecule has 1 atom stereocenters. The Balaban J connectivity index is 1.83. The van der Waals surface area contributed by atoms with Crippen molar-refractivity contribution < 1.29 is 19.4 Å². The summed E-state index contributed by atoms with van der Waals surface area (Å²) in [4.78, 5) is 11.0. The van der Waals surface area contributed by atoms with Crippen molar-refractivity contribution in [1.82, 2.24) is 0 Å². The first-order valence-corrected chi connectivity index (χ1v) is 12.1. The summed E-state index contributed by atoms with van der Waals surface area (Å²) in [6, 6.07) is 12.5. The summed E-state index contributed by atoms with van der Waals surface area (Å²) in [6.07, 6.45) is 8.59. The maximum atomic E-state index is 11.0. The molecule has 0 aromatic heterocycles. The molecule has 2 aliphatic rings. The van der Waals surface area contributed by atoms with E-state index in [4.69, 9.17) is 14.6 Å². The molecule has 4 nitrogen and oxygen atoms in total. The quantitative estimate of drug-likeness (QED) is 0.282. The highest BCUT2D eigenvalue weighted by Gasteiger charge is 2.44. The van der Waals surface area contributed by atoms with Crippen molar-refractivity contribution in [2.45, 2.75) is 83.0 Å². The van der Waals surface area contributed by atoms with E-state index in [1.807, 2.05) is 6.07 Å². The van der Waals surface area contributed by atoms with Crippen molar-refractivity contribution in [1.29, 1.82) is 0 Å². The lowest BCUT2D eigenvalue weighted by molar-refractivity contribution is 0.144. The Morgan fingerprint density at radius 2 is 1.70 bits per heavy atom. The van der Waals surface area contributed by atoms with Crippen LogP contribution in [0, 0.1) is 0 Å². The molecule has 1 N–H and O–H groups in total. The van der Waals surface area contributed by atoms with Crippen LogP contribution in [0.15, 0.2) is 48.6 Å². The number of hydrogen-bond acceptors (Lipinski definition) is 3. The molecule has 4 heteroatoms. The van der Waals surface area contributed by atoms with Crippen molar-refractivity contribution in [2.24, 2.45) is 0 Å². The molecule has 4 rings (SSSR count). The number of hydrogen-bond donors (Lipinski definition) is 1. The number of ether oxygens (including phenoxy) is 2. The summed E-state index contributed by atoms with van der Waals surface area (Å²) in [6.45, 7) is 12.1. The van der Waals surface area contributed by atoms with E-state index in [2.05, 4.69) is 65.0 Å². The molecule has 0 saturated heterocycles. The molecular weight excluding hydrogens is 412 g/mol. The molecular formula is C29H36O4. The average Bonchev–Trinajstić information content (AvgIpc) is 3.13. The van der Waals surface area contributed by atoms with Crippen molar-refractivity contribution in [3.8, 4) is 11.5 Å². The Morgan fingerprint density at radius 3 is 2.39 bits per heavy atom. The number of carboxylic acid groups (broad SMARTS) is 1. The molecule has 1 heterocycles. The van der Waals surface area contributed by atoms with Gasteiger partial charge in [0.2, 0.25) is 0 Å². The van der Waals surface area contributed by atoms with E-state index in [-0.39, 0.29) is 22.0 Å². The second-order valence-electron chi connectivity index (χ2n) is 10.9. The Kier molecular flexibility index (Phi) is 6.07. The molecule has 0 amide bonds. The molecule has 2 aromatic rings. The van der Waals surface area contributed by atoms with Gasteiger partial charge in [-0.25, -0.2) is 4.79 Å². The van der Waals surface area contributed by atoms with Gasteiger partial charge in [-0.1, -0.05) is 77.5 Å². The predicted octanol–water partition coefficient (Wildman–Crippen LogP) is 7.52. The SMILES string of the molecule is CCCC=CCC1(c2ccc3c(c2)C(C)(C)CCC3(C)C)COc2cc(OC(=O)O)ccc21. The van der Waals surface area contributed by atoms with Crippen molar-refractivity contribution in [3.05, 3.63) is 70.8 Å². The van der Waals surface area contributed by atoms with Crippen LogP contribution >= 0.6 is 0 Å². The number of carbonyl (C=O) groups is 1. The normalized spacial score (nSPS) is 22.5. The molecule has 1 unspecified atom stereocenters. The molecule has 1 aliphatic heterocycles. The number of benzene rings is 2. The van der Waals surface area contributed by atoms with E-state index in [9.17, 15) is 4.79 Å². The monoisotopic (exact) mass is 448 g/mol. The fourth-order valence-corrected chi connectivity index (χ4v) is 5.44. The van der Waals surface area contributed by atoms with Crippen LogP contribution < -0.4 is 9.47 Å². The third-order valence-electron chi connectivity index (χ3n) is 7.64. The highest BCUT2D eigenvalue weighted by molar-refractivity contribution is 5.63. The van der Waals surface area contributed by atoms with Crippen molar-refractivity contribution >= 4 is 6.16 Å². The van der Waals surface area contributed by atoms with E-state index in [0.29, 0.717) is 12.4 Å². The zero-order valence-electron chi connectivity index (χ0n) is 20.5. The maximum absolute atomic E-state index is 11.0. The van der Waals surface area contributed by atoms with E-state index >= 15 is 0 Å². The minimum Gasteiger partial charge on any atom is -0.492 e. The number of allylic oxidation sites excluding steroid dienone is 2. The lowest BCUT2D eigenvalue weighted by atomic mass is 9.61. The molecule has 0 radical (unpaired) electrons. The van der Waals surface area contributed by atoms with Gasteiger partial charge in [-0.3, -0.25) is 0 Å². The van der Waals surface area contributed by atoms with E-state index in [1.54, 1.807) is 12.1 Å². The number of fused-ring (bicyclic) bond motifs is 2. The first-order valence-electron chi connectivity index (χ1n) is 12.1. The molecule has 2 aromatic carbocycles. The molecule has 0 bridgehead atoms. The molecule has 0 spiro atoms. The van der Waals surface area contributed by atoms with Crippen molar-refractivity contribution in [3.63, 3.8) is 0 Å². The Hall–Kier alpha value is -2.75. The second-order valence-corrected chi connectivity index (χ2v) is 10.9. The van der Waals surface area contributed by atoms with Crippen LogP contribution in [0.3, 0.4) is 0 Å². The van der Waals surface area contributed by atoms with Crippen LogP contribution in [0.25, 0.3) is 0 Å². The molecule has 176 valence electrons. The van der Waals surface area contributed by atoms with Gasteiger partial charge < -0.3 is 14.6 Å². The van der Waals surface area contributed by atoms with E-state index in [0.717, 1.165) is 24.8 Å². The van der Waals surface area contributed by atoms with Gasteiger partial charge >= 0.3 is 6.16 Å². The van der Waals surface area contributed by atoms with Crippen LogP contribution in [0.2, 0.25) is 0 Å². The predicted molar refractivity (Wildman–Crippen MR) is 132 cm³/mol. The highest BCUT2D eigenvalue weighted by atomic mass is 16.7. The summed E-state index contributed by atoms with van der Waals surface area (Å²) in [5.41, 5.74) is 5.23. The first kappa shape index (κ1) is 23.4. The number of rotatable bonds is 6. The van der Waals surface area contributed by atoms with Crippen LogP contribution in [0.1, 0.15) is 89.0 Å². The Morgan fingerprint density at radius 1 is 1.00 bits per heavy atom. The summed E-state index contributed by atoms with van der Waals surface area (Å²) in [5.74, 6) is 0.988. The summed E-state index contributed by atoms with van der Waals surface area (Å²) in [5, 5.41) is 8.99. The molecule has 33 heavy (non-hydrogen) atoms. The van der Waals surface area contributed by atoms with Crippen molar-refractivity contribution in [2.75, 3.05) is 6.61 Å². The van der Waals surface area contributed by atoms with E-state index < -0.39 is 6.16 Å². The number of unbranched alkanes of at least 4 members (excludes halogenated alkanes) is 1. The van der Waals surface area contributed by atoms with Gasteiger partial charge in [0.15, 0.2) is 0 Å².